The number of nitrogens with one attached hydrogen (secondary N) is 2. The van der Waals surface area contributed by atoms with Gasteiger partial charge in [0, 0.05) is 42.7 Å². The number of amides is 1. The number of piperidine rings is 1. The molecular formula is C30H35F2N5O3. The molecule has 2 unspecified atom stereocenters. The Kier molecular flexibility index (Phi) is 8.54. The monoisotopic (exact) mass is 551 g/mol. The summed E-state index contributed by atoms with van der Waals surface area (Å²) in [5.74, 6) is -2.84. The molecule has 2 fully saturated rings. The molecule has 1 amide bonds. The SMILES string of the molecule is C=CC(F)(F)c1ccc(COC(=O)CCC2CCC(NC3CCN(C(=O)c4ccc5n[nH]nc5c4)CC3)C2)cc1. The van der Waals surface area contributed by atoms with Crippen LogP contribution in [0.1, 0.15) is 66.4 Å². The summed E-state index contributed by atoms with van der Waals surface area (Å²) in [6.45, 7) is 4.67. The number of fused-ring (bicyclic) bond motifs is 1. The lowest BCUT2D eigenvalue weighted by Crippen LogP contribution is -2.47. The number of esters is 1. The summed E-state index contributed by atoms with van der Waals surface area (Å²) in [7, 11) is 0. The minimum absolute atomic E-state index is 0.0300. The number of carbonyl (C=O) groups is 2. The van der Waals surface area contributed by atoms with Crippen LogP contribution in [-0.2, 0) is 22.1 Å². The molecule has 1 saturated carbocycles. The molecule has 1 aromatic heterocycles. The van der Waals surface area contributed by atoms with E-state index < -0.39 is 5.92 Å². The molecule has 40 heavy (non-hydrogen) atoms. The van der Waals surface area contributed by atoms with Crippen LogP contribution in [0.15, 0.2) is 55.1 Å². The lowest BCUT2D eigenvalue weighted by atomic mass is 10.00. The minimum Gasteiger partial charge on any atom is -0.461 e. The maximum absolute atomic E-state index is 13.6. The Balaban J connectivity index is 0.984. The van der Waals surface area contributed by atoms with Gasteiger partial charge in [0.2, 0.25) is 0 Å². The normalized spacial score (nSPS) is 20.1. The van der Waals surface area contributed by atoms with Gasteiger partial charge in [-0.2, -0.15) is 24.2 Å². The molecule has 0 bridgehead atoms. The van der Waals surface area contributed by atoms with Crippen molar-refractivity contribution in [1.29, 1.82) is 0 Å². The highest BCUT2D eigenvalue weighted by Crippen LogP contribution is 2.31. The van der Waals surface area contributed by atoms with E-state index in [0.29, 0.717) is 47.1 Å². The summed E-state index contributed by atoms with van der Waals surface area (Å²) in [6, 6.07) is 12.0. The van der Waals surface area contributed by atoms with Gasteiger partial charge >= 0.3 is 5.97 Å². The molecular weight excluding hydrogens is 516 g/mol. The highest BCUT2D eigenvalue weighted by Gasteiger charge is 2.30. The highest BCUT2D eigenvalue weighted by atomic mass is 19.3. The van der Waals surface area contributed by atoms with Crippen LogP contribution in [0.25, 0.3) is 11.0 Å². The van der Waals surface area contributed by atoms with Crippen molar-refractivity contribution in [3.8, 4) is 0 Å². The van der Waals surface area contributed by atoms with E-state index in [-0.39, 0.29) is 24.0 Å². The van der Waals surface area contributed by atoms with Crippen LogP contribution in [-0.4, -0.2) is 57.4 Å². The van der Waals surface area contributed by atoms with Gasteiger partial charge in [-0.25, -0.2) is 0 Å². The molecule has 2 aromatic carbocycles. The minimum atomic E-state index is -3.07. The molecule has 2 N–H and O–H groups in total. The summed E-state index contributed by atoms with van der Waals surface area (Å²) >= 11 is 0. The van der Waals surface area contributed by atoms with Gasteiger partial charge in [0.1, 0.15) is 17.6 Å². The van der Waals surface area contributed by atoms with Gasteiger partial charge in [0.05, 0.1) is 0 Å². The molecule has 10 heteroatoms. The molecule has 8 nitrogen and oxygen atoms in total. The average Bonchev–Trinajstić information content (AvgIpc) is 3.64. The van der Waals surface area contributed by atoms with Crippen molar-refractivity contribution in [3.05, 3.63) is 71.8 Å². The number of likely N-dealkylation sites (tertiary alicyclic amines) is 1. The first-order chi connectivity index (χ1) is 19.3. The zero-order valence-electron chi connectivity index (χ0n) is 22.5. The summed E-state index contributed by atoms with van der Waals surface area (Å²) in [5, 5.41) is 14.5. The number of aromatic amines is 1. The number of allylic oxidation sites excluding steroid dienone is 1. The lowest BCUT2D eigenvalue weighted by Gasteiger charge is -2.34. The van der Waals surface area contributed by atoms with E-state index in [9.17, 15) is 18.4 Å². The summed E-state index contributed by atoms with van der Waals surface area (Å²) < 4.78 is 32.7. The zero-order chi connectivity index (χ0) is 28.1. The number of benzene rings is 2. The molecule has 212 valence electrons. The van der Waals surface area contributed by atoms with Crippen molar-refractivity contribution in [2.24, 2.45) is 5.92 Å². The number of hydrogen-bond acceptors (Lipinski definition) is 6. The van der Waals surface area contributed by atoms with Gasteiger partial charge < -0.3 is 15.0 Å². The Labute approximate surface area is 232 Å². The first-order valence-corrected chi connectivity index (χ1v) is 13.9. The number of alkyl halides is 2. The second-order valence-corrected chi connectivity index (χ2v) is 10.9. The molecule has 5 rings (SSSR count). The molecule has 0 spiro atoms. The second-order valence-electron chi connectivity index (χ2n) is 10.9. The number of ether oxygens (including phenoxy) is 1. The van der Waals surface area contributed by atoms with E-state index in [0.717, 1.165) is 57.1 Å². The molecule has 1 aliphatic heterocycles. The number of carbonyl (C=O) groups excluding carboxylic acids is 2. The van der Waals surface area contributed by atoms with Gasteiger partial charge in [0.25, 0.3) is 11.8 Å². The standard InChI is InChI=1S/C30H35F2N5O3/c1-2-30(31,32)23-8-3-21(4-9-23)19-40-28(38)12-6-20-5-10-25(17-20)33-24-13-15-37(16-14-24)29(39)22-7-11-26-27(18-22)35-36-34-26/h2-4,7-9,11,18,20,24-25,33H,1,5-6,10,12-17,19H2,(H,34,35,36). The fraction of sp³-hybridized carbons (Fsp3) is 0.467. The Morgan fingerprint density at radius 2 is 1.80 bits per heavy atom. The second kappa shape index (κ2) is 12.2. The Hall–Kier alpha value is -3.66. The maximum Gasteiger partial charge on any atom is 0.306 e. The number of aromatic nitrogens is 3. The molecule has 2 heterocycles. The summed E-state index contributed by atoms with van der Waals surface area (Å²) in [5.41, 5.74) is 2.60. The number of H-pyrrole nitrogens is 1. The highest BCUT2D eigenvalue weighted by molar-refractivity contribution is 5.97. The smallest absolute Gasteiger partial charge is 0.306 e. The van der Waals surface area contributed by atoms with Gasteiger partial charge in [-0.05, 0) is 74.3 Å². The maximum atomic E-state index is 13.6. The van der Waals surface area contributed by atoms with Crippen molar-refractivity contribution in [2.75, 3.05) is 13.1 Å². The fourth-order valence-corrected chi connectivity index (χ4v) is 5.73. The topological polar surface area (TPSA) is 100 Å². The third-order valence-electron chi connectivity index (χ3n) is 8.11. The molecule has 1 aliphatic carbocycles. The Bertz CT molecular complexity index is 1330. The van der Waals surface area contributed by atoms with Crippen molar-refractivity contribution in [1.82, 2.24) is 25.6 Å². The van der Waals surface area contributed by atoms with E-state index in [2.05, 4.69) is 27.3 Å². The molecule has 0 radical (unpaired) electrons. The van der Waals surface area contributed by atoms with Crippen LogP contribution in [0, 0.1) is 5.92 Å². The van der Waals surface area contributed by atoms with Crippen LogP contribution >= 0.6 is 0 Å². The number of halogens is 2. The van der Waals surface area contributed by atoms with Crippen LogP contribution in [0.3, 0.4) is 0 Å². The quantitative estimate of drug-likeness (QED) is 0.268. The van der Waals surface area contributed by atoms with Crippen LogP contribution in [0.4, 0.5) is 8.78 Å². The van der Waals surface area contributed by atoms with E-state index >= 15 is 0 Å². The van der Waals surface area contributed by atoms with Gasteiger partial charge in [0.15, 0.2) is 0 Å². The fourth-order valence-electron chi connectivity index (χ4n) is 5.73. The third-order valence-corrected chi connectivity index (χ3v) is 8.11. The number of rotatable bonds is 10. The Morgan fingerprint density at radius 3 is 2.55 bits per heavy atom. The first-order valence-electron chi connectivity index (χ1n) is 13.9. The van der Waals surface area contributed by atoms with Gasteiger partial charge in [-0.15, -0.1) is 0 Å². The zero-order valence-corrected chi connectivity index (χ0v) is 22.5. The third kappa shape index (κ3) is 6.72. The van der Waals surface area contributed by atoms with Crippen LogP contribution < -0.4 is 5.32 Å². The van der Waals surface area contributed by atoms with E-state index in [1.54, 1.807) is 24.3 Å². The van der Waals surface area contributed by atoms with Crippen molar-refractivity contribution in [3.63, 3.8) is 0 Å². The first kappa shape index (κ1) is 27.9. The molecule has 1 saturated heterocycles. The molecule has 2 aliphatic rings. The Morgan fingerprint density at radius 1 is 1.05 bits per heavy atom. The number of hydrogen-bond donors (Lipinski definition) is 2. The van der Waals surface area contributed by atoms with Gasteiger partial charge in [-0.3, -0.25) is 9.59 Å². The summed E-state index contributed by atoms with van der Waals surface area (Å²) in [4.78, 5) is 27.1. The van der Waals surface area contributed by atoms with E-state index in [4.69, 9.17) is 4.74 Å². The van der Waals surface area contributed by atoms with Crippen LogP contribution in [0.5, 0.6) is 0 Å². The van der Waals surface area contributed by atoms with E-state index in [1.807, 2.05) is 11.0 Å². The van der Waals surface area contributed by atoms with Crippen molar-refractivity contribution in [2.45, 2.75) is 69.6 Å². The summed E-state index contributed by atoms with van der Waals surface area (Å²) in [6.07, 6.45) is 6.76. The van der Waals surface area contributed by atoms with Gasteiger partial charge in [-0.1, -0.05) is 30.8 Å². The molecule has 3 aromatic rings. The lowest BCUT2D eigenvalue weighted by molar-refractivity contribution is -0.145. The average molecular weight is 552 g/mol. The van der Waals surface area contributed by atoms with Crippen molar-refractivity contribution < 1.29 is 23.1 Å². The van der Waals surface area contributed by atoms with E-state index in [1.165, 1.54) is 12.1 Å². The van der Waals surface area contributed by atoms with Crippen LogP contribution in [0.2, 0.25) is 0 Å². The van der Waals surface area contributed by atoms with Crippen molar-refractivity contribution >= 4 is 22.9 Å². The molecule has 2 atom stereocenters. The predicted octanol–water partition coefficient (Wildman–Crippen LogP) is 5.12. The number of nitrogens with zero attached hydrogens (tertiary/aromatic N) is 3. The largest absolute Gasteiger partial charge is 0.461 e. The predicted molar refractivity (Wildman–Crippen MR) is 147 cm³/mol.